The van der Waals surface area contributed by atoms with Crippen molar-refractivity contribution in [1.82, 2.24) is 4.31 Å². The molecular weight excluding hydrogens is 271 g/mol. The summed E-state index contributed by atoms with van der Waals surface area (Å²) in [7, 11) is -2.32. The van der Waals surface area contributed by atoms with Crippen molar-refractivity contribution in [3.05, 3.63) is 24.0 Å². The summed E-state index contributed by atoms with van der Waals surface area (Å²) in [6.45, 7) is 0.615. The highest BCUT2D eigenvalue weighted by molar-refractivity contribution is 7.89. The summed E-state index contributed by atoms with van der Waals surface area (Å²) >= 11 is 0. The fourth-order valence-corrected chi connectivity index (χ4v) is 3.78. The Kier molecular flexibility index (Phi) is 4.07. The monoisotopic (exact) mass is 288 g/mol. The molecule has 0 saturated carbocycles. The molecule has 5 nitrogen and oxygen atoms in total. The van der Waals surface area contributed by atoms with Crippen LogP contribution in [0.2, 0.25) is 0 Å². The van der Waals surface area contributed by atoms with Crippen LogP contribution in [-0.4, -0.2) is 39.0 Å². The maximum Gasteiger partial charge on any atom is 0.246 e. The molecule has 1 aliphatic heterocycles. The first-order valence-electron chi connectivity index (χ1n) is 6.03. The van der Waals surface area contributed by atoms with Crippen molar-refractivity contribution in [1.29, 1.82) is 0 Å². The number of methoxy groups -OCH3 is 1. The second-order valence-corrected chi connectivity index (χ2v) is 6.46. The Morgan fingerprint density at radius 1 is 1.47 bits per heavy atom. The molecule has 1 unspecified atom stereocenters. The molecule has 1 aromatic rings. The zero-order chi connectivity index (χ0) is 14.0. The van der Waals surface area contributed by atoms with E-state index in [9.17, 15) is 12.8 Å². The summed E-state index contributed by atoms with van der Waals surface area (Å²) in [5, 5.41) is 0. The number of sulfonamides is 1. The maximum atomic E-state index is 13.7. The number of nitrogens with zero attached hydrogens (tertiary/aromatic N) is 1. The van der Waals surface area contributed by atoms with Gasteiger partial charge in [-0.3, -0.25) is 0 Å². The Balaban J connectivity index is 2.34. The largest absolute Gasteiger partial charge is 0.399 e. The van der Waals surface area contributed by atoms with Gasteiger partial charge < -0.3 is 10.5 Å². The third-order valence-electron chi connectivity index (χ3n) is 3.25. The van der Waals surface area contributed by atoms with E-state index >= 15 is 0 Å². The van der Waals surface area contributed by atoms with Crippen LogP contribution in [0.25, 0.3) is 0 Å². The average Bonchev–Trinajstić information content (AvgIpc) is 2.41. The van der Waals surface area contributed by atoms with Crippen molar-refractivity contribution < 1.29 is 17.5 Å². The van der Waals surface area contributed by atoms with E-state index in [0.717, 1.165) is 18.6 Å². The average molecular weight is 288 g/mol. The number of hydrogen-bond acceptors (Lipinski definition) is 4. The van der Waals surface area contributed by atoms with Crippen LogP contribution < -0.4 is 5.73 Å². The van der Waals surface area contributed by atoms with Gasteiger partial charge in [-0.05, 0) is 31.0 Å². The molecule has 0 amide bonds. The number of rotatable bonds is 3. The first kappa shape index (κ1) is 14.2. The molecular formula is C12H17FN2O3S. The molecule has 1 heterocycles. The number of piperidine rings is 1. The number of hydrogen-bond donors (Lipinski definition) is 1. The molecule has 0 spiro atoms. The van der Waals surface area contributed by atoms with Crippen LogP contribution in [-0.2, 0) is 14.8 Å². The molecule has 1 fully saturated rings. The summed E-state index contributed by atoms with van der Waals surface area (Å²) < 4.78 is 44.9. The lowest BCUT2D eigenvalue weighted by atomic mass is 10.1. The number of nitrogen functional groups attached to an aromatic ring is 1. The van der Waals surface area contributed by atoms with Gasteiger partial charge in [0.15, 0.2) is 0 Å². The van der Waals surface area contributed by atoms with Crippen molar-refractivity contribution >= 4 is 15.7 Å². The van der Waals surface area contributed by atoms with Gasteiger partial charge in [-0.15, -0.1) is 0 Å². The Morgan fingerprint density at radius 3 is 2.89 bits per heavy atom. The van der Waals surface area contributed by atoms with Crippen molar-refractivity contribution in [3.8, 4) is 0 Å². The topological polar surface area (TPSA) is 72.6 Å². The summed E-state index contributed by atoms with van der Waals surface area (Å²) in [6.07, 6.45) is 1.36. The number of benzene rings is 1. The molecule has 1 aliphatic rings. The van der Waals surface area contributed by atoms with E-state index in [2.05, 4.69) is 0 Å². The summed E-state index contributed by atoms with van der Waals surface area (Å²) in [5.41, 5.74) is 5.76. The van der Waals surface area contributed by atoms with Crippen molar-refractivity contribution in [2.24, 2.45) is 0 Å². The third-order valence-corrected chi connectivity index (χ3v) is 5.13. The first-order valence-corrected chi connectivity index (χ1v) is 7.47. The Bertz CT molecular complexity index is 562. The van der Waals surface area contributed by atoms with E-state index < -0.39 is 15.8 Å². The number of ether oxygens (including phenoxy) is 1. The van der Waals surface area contributed by atoms with Gasteiger partial charge in [0.25, 0.3) is 0 Å². The van der Waals surface area contributed by atoms with Gasteiger partial charge in [-0.1, -0.05) is 0 Å². The molecule has 0 aromatic heterocycles. The first-order chi connectivity index (χ1) is 8.95. The number of anilines is 1. The predicted octanol–water partition coefficient (Wildman–Crippen LogP) is 1.21. The summed E-state index contributed by atoms with van der Waals surface area (Å²) in [5.74, 6) is -0.784. The normalized spacial score (nSPS) is 21.5. The molecule has 7 heteroatoms. The van der Waals surface area contributed by atoms with E-state index in [4.69, 9.17) is 10.5 Å². The molecule has 2 N–H and O–H groups in total. The lowest BCUT2D eigenvalue weighted by molar-refractivity contribution is 0.0571. The van der Waals surface area contributed by atoms with E-state index in [1.807, 2.05) is 0 Å². The maximum absolute atomic E-state index is 13.7. The van der Waals surface area contributed by atoms with Crippen LogP contribution in [0.5, 0.6) is 0 Å². The quantitative estimate of drug-likeness (QED) is 0.848. The van der Waals surface area contributed by atoms with Gasteiger partial charge in [0.1, 0.15) is 10.7 Å². The Morgan fingerprint density at radius 2 is 2.21 bits per heavy atom. The Labute approximate surface area is 112 Å². The second kappa shape index (κ2) is 5.44. The van der Waals surface area contributed by atoms with Crippen molar-refractivity contribution in [2.75, 3.05) is 25.9 Å². The molecule has 2 rings (SSSR count). The minimum atomic E-state index is -3.86. The fourth-order valence-electron chi connectivity index (χ4n) is 2.17. The Hall–Kier alpha value is -1.18. The zero-order valence-electron chi connectivity index (χ0n) is 10.7. The van der Waals surface area contributed by atoms with Crippen molar-refractivity contribution in [3.63, 3.8) is 0 Å². The van der Waals surface area contributed by atoms with Gasteiger partial charge in [-0.2, -0.15) is 4.31 Å². The number of nitrogens with two attached hydrogens (primary N) is 1. The highest BCUT2D eigenvalue weighted by Crippen LogP contribution is 2.25. The smallest absolute Gasteiger partial charge is 0.246 e. The standard InChI is InChI=1S/C12H17FN2O3S/c1-18-10-3-2-6-15(8-10)19(16,17)12-7-9(14)4-5-11(12)13/h4-5,7,10H,2-3,6,8,14H2,1H3. The van der Waals surface area contributed by atoms with Gasteiger partial charge in [-0.25, -0.2) is 12.8 Å². The van der Waals surface area contributed by atoms with Gasteiger partial charge in [0.2, 0.25) is 10.0 Å². The van der Waals surface area contributed by atoms with Crippen LogP contribution in [0.15, 0.2) is 23.1 Å². The van der Waals surface area contributed by atoms with E-state index in [0.29, 0.717) is 13.0 Å². The van der Waals surface area contributed by atoms with Crippen LogP contribution in [0, 0.1) is 5.82 Å². The second-order valence-electron chi connectivity index (χ2n) is 4.55. The third kappa shape index (κ3) is 2.88. The number of halogens is 1. The van der Waals surface area contributed by atoms with Gasteiger partial charge in [0, 0.05) is 25.9 Å². The summed E-state index contributed by atoms with van der Waals surface area (Å²) in [4.78, 5) is -0.371. The predicted molar refractivity (Wildman–Crippen MR) is 69.6 cm³/mol. The zero-order valence-corrected chi connectivity index (χ0v) is 11.5. The van der Waals surface area contributed by atoms with Gasteiger partial charge in [0.05, 0.1) is 6.10 Å². The lowest BCUT2D eigenvalue weighted by Crippen LogP contribution is -2.43. The van der Waals surface area contributed by atoms with Crippen molar-refractivity contribution in [2.45, 2.75) is 23.8 Å². The summed E-state index contributed by atoms with van der Waals surface area (Å²) in [6, 6.07) is 3.56. The molecule has 0 aliphatic carbocycles. The lowest BCUT2D eigenvalue weighted by Gasteiger charge is -2.31. The highest BCUT2D eigenvalue weighted by Gasteiger charge is 2.32. The fraction of sp³-hybridized carbons (Fsp3) is 0.500. The molecule has 1 atom stereocenters. The SMILES string of the molecule is COC1CCCN(S(=O)(=O)c2cc(N)ccc2F)C1. The minimum absolute atomic E-state index is 0.146. The van der Waals surface area contributed by atoms with E-state index in [1.54, 1.807) is 7.11 Å². The molecule has 1 aromatic carbocycles. The molecule has 1 saturated heterocycles. The minimum Gasteiger partial charge on any atom is -0.399 e. The molecule has 0 radical (unpaired) electrons. The van der Waals surface area contributed by atoms with E-state index in [1.165, 1.54) is 10.4 Å². The van der Waals surface area contributed by atoms with Crippen LogP contribution in [0.3, 0.4) is 0 Å². The molecule has 106 valence electrons. The van der Waals surface area contributed by atoms with Crippen LogP contribution >= 0.6 is 0 Å². The van der Waals surface area contributed by atoms with Crippen LogP contribution in [0.1, 0.15) is 12.8 Å². The van der Waals surface area contributed by atoms with E-state index in [-0.39, 0.29) is 23.2 Å². The molecule has 19 heavy (non-hydrogen) atoms. The highest BCUT2D eigenvalue weighted by atomic mass is 32.2. The van der Waals surface area contributed by atoms with Crippen LogP contribution in [0.4, 0.5) is 10.1 Å². The van der Waals surface area contributed by atoms with Gasteiger partial charge >= 0.3 is 0 Å². The molecule has 0 bridgehead atoms.